The highest BCUT2D eigenvalue weighted by atomic mass is 19.1. The topological polar surface area (TPSA) is 61.9 Å². The van der Waals surface area contributed by atoms with E-state index in [-0.39, 0.29) is 18.9 Å². The van der Waals surface area contributed by atoms with Gasteiger partial charge in [-0.25, -0.2) is 4.39 Å². The van der Waals surface area contributed by atoms with E-state index in [1.165, 1.54) is 12.1 Å². The highest BCUT2D eigenvalue weighted by molar-refractivity contribution is 5.98. The lowest BCUT2D eigenvalue weighted by atomic mass is 10.0. The largest absolute Gasteiger partial charge is 0.378 e. The zero-order valence-electron chi connectivity index (χ0n) is 23.1. The Labute approximate surface area is 240 Å². The van der Waals surface area contributed by atoms with Crippen LogP contribution in [0.1, 0.15) is 28.3 Å². The second-order valence-electron chi connectivity index (χ2n) is 10.3. The molecule has 0 bridgehead atoms. The summed E-state index contributed by atoms with van der Waals surface area (Å²) in [5.41, 5.74) is 4.85. The van der Waals surface area contributed by atoms with Crippen LogP contribution in [0, 0.1) is 12.7 Å². The average Bonchev–Trinajstić information content (AvgIpc) is 2.99. The van der Waals surface area contributed by atoms with Crippen LogP contribution in [0.2, 0.25) is 0 Å². The summed E-state index contributed by atoms with van der Waals surface area (Å²) in [5.74, 6) is -1.12. The van der Waals surface area contributed by atoms with Crippen molar-refractivity contribution < 1.29 is 18.7 Å². The lowest BCUT2D eigenvalue weighted by molar-refractivity contribution is -0.139. The SMILES string of the molecule is Cc1ccc(CN(C(=O)Cc2ccccc2)C(C(=O)Nc2ccc(N3CCOCC3)cc2)c2cccc(F)c2)cc1. The van der Waals surface area contributed by atoms with E-state index < -0.39 is 17.8 Å². The van der Waals surface area contributed by atoms with Gasteiger partial charge in [-0.05, 0) is 60.0 Å². The highest BCUT2D eigenvalue weighted by Gasteiger charge is 2.32. The van der Waals surface area contributed by atoms with Crippen molar-refractivity contribution in [2.24, 2.45) is 0 Å². The molecule has 0 radical (unpaired) electrons. The molecule has 0 aliphatic carbocycles. The number of anilines is 2. The van der Waals surface area contributed by atoms with Crippen LogP contribution >= 0.6 is 0 Å². The molecule has 1 saturated heterocycles. The third-order valence-electron chi connectivity index (χ3n) is 7.23. The molecule has 1 aliphatic heterocycles. The zero-order valence-corrected chi connectivity index (χ0v) is 23.1. The Bertz CT molecular complexity index is 1450. The molecular weight excluding hydrogens is 517 g/mol. The molecule has 1 N–H and O–H groups in total. The summed E-state index contributed by atoms with van der Waals surface area (Å²) in [6.45, 7) is 5.17. The van der Waals surface area contributed by atoms with Crippen LogP contribution in [-0.4, -0.2) is 43.0 Å². The van der Waals surface area contributed by atoms with E-state index in [1.807, 2.05) is 85.8 Å². The Hall–Kier alpha value is -4.49. The summed E-state index contributed by atoms with van der Waals surface area (Å²) in [5, 5.41) is 2.99. The fourth-order valence-electron chi connectivity index (χ4n) is 5.02. The van der Waals surface area contributed by atoms with Gasteiger partial charge in [0.15, 0.2) is 0 Å². The Morgan fingerprint density at radius 2 is 1.59 bits per heavy atom. The van der Waals surface area contributed by atoms with Crippen LogP contribution in [0.3, 0.4) is 0 Å². The number of ether oxygens (including phenoxy) is 1. The number of nitrogens with zero attached hydrogens (tertiary/aromatic N) is 2. The minimum Gasteiger partial charge on any atom is -0.378 e. The monoisotopic (exact) mass is 551 g/mol. The van der Waals surface area contributed by atoms with Crippen LogP contribution in [0.5, 0.6) is 0 Å². The summed E-state index contributed by atoms with van der Waals surface area (Å²) in [4.78, 5) is 31.7. The van der Waals surface area contributed by atoms with E-state index in [0.29, 0.717) is 24.5 Å². The molecule has 0 aromatic heterocycles. The predicted octanol–water partition coefficient (Wildman–Crippen LogP) is 5.92. The summed E-state index contributed by atoms with van der Waals surface area (Å²) in [6, 6.07) is 29.7. The average molecular weight is 552 g/mol. The number of carbonyl (C=O) groups is 2. The molecule has 4 aromatic carbocycles. The molecule has 1 unspecified atom stereocenters. The number of hydrogen-bond donors (Lipinski definition) is 1. The molecule has 1 fully saturated rings. The van der Waals surface area contributed by atoms with Crippen molar-refractivity contribution in [2.45, 2.75) is 25.9 Å². The van der Waals surface area contributed by atoms with Crippen LogP contribution in [-0.2, 0) is 27.3 Å². The Morgan fingerprint density at radius 3 is 2.27 bits per heavy atom. The van der Waals surface area contributed by atoms with Crippen LogP contribution in [0.25, 0.3) is 0 Å². The Morgan fingerprint density at radius 1 is 0.878 bits per heavy atom. The summed E-state index contributed by atoms with van der Waals surface area (Å²) in [7, 11) is 0. The van der Waals surface area contributed by atoms with Gasteiger partial charge in [0.25, 0.3) is 5.91 Å². The standard InChI is InChI=1S/C34H34FN3O3/c1-25-10-12-27(13-11-25)24-38(32(39)22-26-6-3-2-4-7-26)33(28-8-5-9-29(35)23-28)34(40)36-30-14-16-31(17-15-30)37-18-20-41-21-19-37/h2-17,23,33H,18-22,24H2,1H3,(H,36,40). The van der Waals surface area contributed by atoms with Crippen LogP contribution in [0.15, 0.2) is 103 Å². The molecule has 4 aromatic rings. The van der Waals surface area contributed by atoms with Gasteiger partial charge in [0.05, 0.1) is 19.6 Å². The molecular formula is C34H34FN3O3. The number of benzene rings is 4. The smallest absolute Gasteiger partial charge is 0.251 e. The van der Waals surface area contributed by atoms with Crippen molar-refractivity contribution in [1.82, 2.24) is 4.90 Å². The Kier molecular flexibility index (Phi) is 9.06. The number of morpholine rings is 1. The number of halogens is 1. The summed E-state index contributed by atoms with van der Waals surface area (Å²) in [6.07, 6.45) is 0.111. The molecule has 0 spiro atoms. The lowest BCUT2D eigenvalue weighted by Crippen LogP contribution is -2.41. The van der Waals surface area contributed by atoms with Crippen molar-refractivity contribution in [3.05, 3.63) is 131 Å². The van der Waals surface area contributed by atoms with Gasteiger partial charge in [0, 0.05) is 31.0 Å². The molecule has 210 valence electrons. The minimum atomic E-state index is -1.05. The number of hydrogen-bond acceptors (Lipinski definition) is 4. The molecule has 6 nitrogen and oxygen atoms in total. The first kappa shape index (κ1) is 28.1. The number of carbonyl (C=O) groups excluding carboxylic acids is 2. The fourth-order valence-corrected chi connectivity index (χ4v) is 5.02. The van der Waals surface area contributed by atoms with E-state index in [0.717, 1.165) is 35.5 Å². The highest BCUT2D eigenvalue weighted by Crippen LogP contribution is 2.28. The predicted molar refractivity (Wildman–Crippen MR) is 159 cm³/mol. The number of nitrogens with one attached hydrogen (secondary N) is 1. The second kappa shape index (κ2) is 13.2. The number of rotatable bonds is 9. The van der Waals surface area contributed by atoms with Gasteiger partial charge in [-0.2, -0.15) is 0 Å². The third-order valence-corrected chi connectivity index (χ3v) is 7.23. The van der Waals surface area contributed by atoms with Gasteiger partial charge >= 0.3 is 0 Å². The van der Waals surface area contributed by atoms with Gasteiger partial charge in [0.2, 0.25) is 5.91 Å². The first-order chi connectivity index (χ1) is 20.0. The third kappa shape index (κ3) is 7.38. The molecule has 7 heteroatoms. The lowest BCUT2D eigenvalue weighted by Gasteiger charge is -2.32. The van der Waals surface area contributed by atoms with E-state index in [1.54, 1.807) is 17.0 Å². The molecule has 2 amide bonds. The number of aryl methyl sites for hydroxylation is 1. The normalized spacial score (nSPS) is 13.9. The van der Waals surface area contributed by atoms with Crippen LogP contribution in [0.4, 0.5) is 15.8 Å². The van der Waals surface area contributed by atoms with E-state index in [2.05, 4.69) is 10.2 Å². The minimum absolute atomic E-state index is 0.111. The van der Waals surface area contributed by atoms with E-state index in [4.69, 9.17) is 4.74 Å². The van der Waals surface area contributed by atoms with Gasteiger partial charge < -0.3 is 19.9 Å². The molecule has 1 aliphatic rings. The van der Waals surface area contributed by atoms with Crippen molar-refractivity contribution in [1.29, 1.82) is 0 Å². The van der Waals surface area contributed by atoms with E-state index in [9.17, 15) is 14.0 Å². The molecule has 5 rings (SSSR count). The molecule has 1 atom stereocenters. The van der Waals surface area contributed by atoms with Crippen LogP contribution < -0.4 is 10.2 Å². The summed E-state index contributed by atoms with van der Waals surface area (Å²) >= 11 is 0. The van der Waals surface area contributed by atoms with Crippen molar-refractivity contribution >= 4 is 23.2 Å². The van der Waals surface area contributed by atoms with Gasteiger partial charge in [-0.15, -0.1) is 0 Å². The van der Waals surface area contributed by atoms with Gasteiger partial charge in [0.1, 0.15) is 11.9 Å². The second-order valence-corrected chi connectivity index (χ2v) is 10.3. The number of amides is 2. The molecule has 1 heterocycles. The van der Waals surface area contributed by atoms with Crippen molar-refractivity contribution in [2.75, 3.05) is 36.5 Å². The maximum atomic E-state index is 14.5. The first-order valence-electron chi connectivity index (χ1n) is 13.8. The zero-order chi connectivity index (χ0) is 28.6. The van der Waals surface area contributed by atoms with Crippen molar-refractivity contribution in [3.8, 4) is 0 Å². The Balaban J connectivity index is 1.46. The fraction of sp³-hybridized carbons (Fsp3) is 0.235. The van der Waals surface area contributed by atoms with E-state index >= 15 is 0 Å². The first-order valence-corrected chi connectivity index (χ1v) is 13.8. The summed E-state index contributed by atoms with van der Waals surface area (Å²) < 4.78 is 19.9. The maximum absolute atomic E-state index is 14.5. The van der Waals surface area contributed by atoms with Gasteiger partial charge in [-0.3, -0.25) is 9.59 Å². The van der Waals surface area contributed by atoms with Gasteiger partial charge in [-0.1, -0.05) is 72.3 Å². The quantitative estimate of drug-likeness (QED) is 0.281. The molecule has 0 saturated carbocycles. The maximum Gasteiger partial charge on any atom is 0.251 e. The van der Waals surface area contributed by atoms with Crippen molar-refractivity contribution in [3.63, 3.8) is 0 Å². The molecule has 41 heavy (non-hydrogen) atoms.